The highest BCUT2D eigenvalue weighted by Gasteiger charge is 2.09. The van der Waals surface area contributed by atoms with Crippen LogP contribution in [0.1, 0.15) is 11.1 Å². The molecule has 16 heavy (non-hydrogen) atoms. The number of ether oxygens (including phenoxy) is 1. The smallest absolute Gasteiger partial charge is 0.235 e. The standard InChI is InChI=1S/C10H12Cl2O3S/c1-7-5-9(11)6-8(2)10(7)15-3-4-16(12,13)14/h5-6H,3-4H2,1-2H3. The molecule has 90 valence electrons. The van der Waals surface area contributed by atoms with Gasteiger partial charge in [0, 0.05) is 15.7 Å². The highest BCUT2D eigenvalue weighted by Crippen LogP contribution is 2.26. The third kappa shape index (κ3) is 4.20. The molecule has 0 aromatic heterocycles. The minimum absolute atomic E-state index is 0.0369. The normalized spacial score (nSPS) is 11.5. The van der Waals surface area contributed by atoms with E-state index in [9.17, 15) is 8.42 Å². The van der Waals surface area contributed by atoms with Gasteiger partial charge in [0.15, 0.2) is 0 Å². The predicted octanol–water partition coefficient (Wildman–Crippen LogP) is 2.90. The van der Waals surface area contributed by atoms with Crippen LogP contribution in [-0.2, 0) is 9.05 Å². The number of hydrogen-bond acceptors (Lipinski definition) is 3. The van der Waals surface area contributed by atoms with Gasteiger partial charge in [-0.25, -0.2) is 8.42 Å². The predicted molar refractivity (Wildman–Crippen MR) is 66.1 cm³/mol. The van der Waals surface area contributed by atoms with Crippen LogP contribution >= 0.6 is 22.3 Å². The van der Waals surface area contributed by atoms with E-state index in [2.05, 4.69) is 0 Å². The van der Waals surface area contributed by atoms with Gasteiger partial charge in [-0.2, -0.15) is 0 Å². The summed E-state index contributed by atoms with van der Waals surface area (Å²) in [6, 6.07) is 3.53. The second kappa shape index (κ2) is 5.25. The number of halogens is 2. The molecule has 0 aliphatic carbocycles. The van der Waals surface area contributed by atoms with E-state index in [4.69, 9.17) is 27.0 Å². The number of aryl methyl sites for hydroxylation is 2. The first-order valence-electron chi connectivity index (χ1n) is 4.61. The Kier molecular flexibility index (Phi) is 4.47. The molecule has 0 N–H and O–H groups in total. The summed E-state index contributed by atoms with van der Waals surface area (Å²) in [5.74, 6) is 0.445. The number of rotatable bonds is 4. The van der Waals surface area contributed by atoms with E-state index in [0.717, 1.165) is 11.1 Å². The van der Waals surface area contributed by atoms with E-state index in [0.29, 0.717) is 10.8 Å². The summed E-state index contributed by atoms with van der Waals surface area (Å²) in [5, 5.41) is 0.632. The van der Waals surface area contributed by atoms with Crippen molar-refractivity contribution in [2.45, 2.75) is 13.8 Å². The molecule has 0 saturated carbocycles. The summed E-state index contributed by atoms with van der Waals surface area (Å²) in [6.07, 6.45) is 0. The van der Waals surface area contributed by atoms with Gasteiger partial charge >= 0.3 is 0 Å². The van der Waals surface area contributed by atoms with Crippen molar-refractivity contribution in [1.29, 1.82) is 0 Å². The van der Waals surface area contributed by atoms with Crippen molar-refractivity contribution in [3.05, 3.63) is 28.3 Å². The van der Waals surface area contributed by atoms with Gasteiger partial charge in [0.05, 0.1) is 5.75 Å². The minimum Gasteiger partial charge on any atom is -0.492 e. The van der Waals surface area contributed by atoms with Crippen LogP contribution in [-0.4, -0.2) is 20.8 Å². The van der Waals surface area contributed by atoms with Crippen LogP contribution < -0.4 is 4.74 Å². The summed E-state index contributed by atoms with van der Waals surface area (Å²) >= 11 is 5.86. The first-order chi connectivity index (χ1) is 7.29. The van der Waals surface area contributed by atoms with Crippen molar-refractivity contribution < 1.29 is 13.2 Å². The van der Waals surface area contributed by atoms with Crippen molar-refractivity contribution in [3.8, 4) is 5.75 Å². The number of benzene rings is 1. The van der Waals surface area contributed by atoms with Crippen LogP contribution in [0.15, 0.2) is 12.1 Å². The SMILES string of the molecule is Cc1cc(Cl)cc(C)c1OCCS(=O)(=O)Cl. The molecule has 0 aliphatic heterocycles. The lowest BCUT2D eigenvalue weighted by Gasteiger charge is -2.11. The van der Waals surface area contributed by atoms with Crippen LogP contribution in [0, 0.1) is 13.8 Å². The molecular weight excluding hydrogens is 271 g/mol. The second-order valence-corrected chi connectivity index (χ2v) is 6.79. The molecule has 0 saturated heterocycles. The molecule has 0 fully saturated rings. The maximum Gasteiger partial charge on any atom is 0.235 e. The second-order valence-electron chi connectivity index (χ2n) is 3.46. The Morgan fingerprint density at radius 3 is 2.19 bits per heavy atom. The molecule has 0 bridgehead atoms. The highest BCUT2D eigenvalue weighted by atomic mass is 35.7. The lowest BCUT2D eigenvalue weighted by Crippen LogP contribution is -2.10. The molecule has 3 nitrogen and oxygen atoms in total. The van der Waals surface area contributed by atoms with E-state index in [1.165, 1.54) is 0 Å². The third-order valence-corrected chi connectivity index (χ3v) is 3.33. The van der Waals surface area contributed by atoms with Gasteiger partial charge in [-0.1, -0.05) is 11.6 Å². The monoisotopic (exact) mass is 282 g/mol. The topological polar surface area (TPSA) is 43.4 Å². The first-order valence-corrected chi connectivity index (χ1v) is 7.47. The first kappa shape index (κ1) is 13.6. The molecule has 6 heteroatoms. The van der Waals surface area contributed by atoms with Crippen molar-refractivity contribution in [2.75, 3.05) is 12.4 Å². The average molecular weight is 283 g/mol. The Morgan fingerprint density at radius 2 is 1.75 bits per heavy atom. The maximum absolute atomic E-state index is 10.7. The van der Waals surface area contributed by atoms with Crippen molar-refractivity contribution >= 4 is 31.3 Å². The zero-order chi connectivity index (χ0) is 12.3. The molecule has 1 rings (SSSR count). The fourth-order valence-corrected chi connectivity index (χ4v) is 2.17. The average Bonchev–Trinajstić information content (AvgIpc) is 2.07. The zero-order valence-electron chi connectivity index (χ0n) is 8.96. The Hall–Kier alpha value is -0.450. The highest BCUT2D eigenvalue weighted by molar-refractivity contribution is 8.13. The van der Waals surface area contributed by atoms with Crippen molar-refractivity contribution in [3.63, 3.8) is 0 Å². The quantitative estimate of drug-likeness (QED) is 0.798. The van der Waals surface area contributed by atoms with Crippen LogP contribution in [0.4, 0.5) is 0 Å². The Labute approximate surface area is 105 Å². The van der Waals surface area contributed by atoms with E-state index in [1.54, 1.807) is 12.1 Å². The van der Waals surface area contributed by atoms with Gasteiger partial charge in [-0.3, -0.25) is 0 Å². The molecular formula is C10H12Cl2O3S. The molecule has 0 atom stereocenters. The number of hydrogen-bond donors (Lipinski definition) is 0. The maximum atomic E-state index is 10.7. The Morgan fingerprint density at radius 1 is 1.25 bits per heavy atom. The molecule has 0 heterocycles. The van der Waals surface area contributed by atoms with Crippen LogP contribution in [0.5, 0.6) is 5.75 Å². The van der Waals surface area contributed by atoms with Gasteiger partial charge in [-0.15, -0.1) is 0 Å². The van der Waals surface area contributed by atoms with Crippen LogP contribution in [0.25, 0.3) is 0 Å². The molecule has 0 unspecified atom stereocenters. The molecule has 0 amide bonds. The zero-order valence-corrected chi connectivity index (χ0v) is 11.3. The molecule has 1 aromatic carbocycles. The van der Waals surface area contributed by atoms with Crippen LogP contribution in [0.2, 0.25) is 5.02 Å². The van der Waals surface area contributed by atoms with Gasteiger partial charge in [-0.05, 0) is 37.1 Å². The summed E-state index contributed by atoms with van der Waals surface area (Å²) in [5.41, 5.74) is 1.74. The summed E-state index contributed by atoms with van der Waals surface area (Å²) in [4.78, 5) is 0. The lowest BCUT2D eigenvalue weighted by atomic mass is 10.1. The summed E-state index contributed by atoms with van der Waals surface area (Å²) in [7, 11) is 1.57. The van der Waals surface area contributed by atoms with E-state index in [1.807, 2.05) is 13.8 Å². The molecule has 0 aliphatic rings. The minimum atomic E-state index is -3.51. The van der Waals surface area contributed by atoms with Gasteiger partial charge in [0.25, 0.3) is 0 Å². The van der Waals surface area contributed by atoms with Gasteiger partial charge < -0.3 is 4.74 Å². The Bertz CT molecular complexity index is 460. The van der Waals surface area contributed by atoms with Gasteiger partial charge in [0.2, 0.25) is 9.05 Å². The van der Waals surface area contributed by atoms with E-state index < -0.39 is 9.05 Å². The summed E-state index contributed by atoms with van der Waals surface area (Å²) in [6.45, 7) is 3.74. The fraction of sp³-hybridized carbons (Fsp3) is 0.400. The third-order valence-electron chi connectivity index (χ3n) is 2.00. The van der Waals surface area contributed by atoms with E-state index >= 15 is 0 Å². The van der Waals surface area contributed by atoms with Crippen molar-refractivity contribution in [1.82, 2.24) is 0 Å². The molecule has 0 radical (unpaired) electrons. The summed E-state index contributed by atoms with van der Waals surface area (Å²) < 4.78 is 26.8. The largest absolute Gasteiger partial charge is 0.492 e. The Balaban J connectivity index is 2.75. The van der Waals surface area contributed by atoms with Crippen molar-refractivity contribution in [2.24, 2.45) is 0 Å². The lowest BCUT2D eigenvalue weighted by molar-refractivity contribution is 0.337. The van der Waals surface area contributed by atoms with Gasteiger partial charge in [0.1, 0.15) is 12.4 Å². The van der Waals surface area contributed by atoms with E-state index in [-0.39, 0.29) is 12.4 Å². The fourth-order valence-electron chi connectivity index (χ4n) is 1.37. The molecule has 1 aromatic rings. The molecule has 0 spiro atoms. The van der Waals surface area contributed by atoms with Crippen LogP contribution in [0.3, 0.4) is 0 Å².